The van der Waals surface area contributed by atoms with Gasteiger partial charge in [-0.15, -0.1) is 0 Å². The van der Waals surface area contributed by atoms with Crippen LogP contribution in [0.5, 0.6) is 0 Å². The predicted molar refractivity (Wildman–Crippen MR) is 67.0 cm³/mol. The maximum Gasteiger partial charge on any atom is 0.330 e. The van der Waals surface area contributed by atoms with Crippen molar-refractivity contribution >= 4 is 24.8 Å². The van der Waals surface area contributed by atoms with Crippen LogP contribution in [0, 0.1) is 0 Å². The van der Waals surface area contributed by atoms with Gasteiger partial charge in [-0.3, -0.25) is 18.9 Å². The monoisotopic (exact) mass is 294 g/mol. The van der Waals surface area contributed by atoms with Crippen LogP contribution in [0.15, 0.2) is 0 Å². The topological polar surface area (TPSA) is 96.0 Å². The van der Waals surface area contributed by atoms with Crippen LogP contribution in [0.2, 0.25) is 0 Å². The number of carbonyl (C=O) groups excluding carboxylic acids is 3. The molecule has 110 valence electrons. The molecule has 0 bridgehead atoms. The number of hydrogen-bond donors (Lipinski definition) is 0. The molecule has 1 unspecified atom stereocenters. The normalized spacial score (nSPS) is 13.7. The van der Waals surface area contributed by atoms with E-state index in [1.807, 2.05) is 0 Å². The Morgan fingerprint density at radius 2 is 1.37 bits per heavy atom. The lowest BCUT2D eigenvalue weighted by molar-refractivity contribution is -0.153. The summed E-state index contributed by atoms with van der Waals surface area (Å²) in [5.74, 6) is -2.15. The second-order valence-electron chi connectivity index (χ2n) is 3.44. The summed E-state index contributed by atoms with van der Waals surface area (Å²) in [6.07, 6.45) is 0. The zero-order valence-electron chi connectivity index (χ0n) is 11.5. The standard InChI is InChI=1S/C11H19O7P/c1-5-16-10(13)9(11(14)17-6-2)19(15,8(4)12)18-7-3/h9H,5-7H2,1-4H3. The maximum atomic E-state index is 12.5. The van der Waals surface area contributed by atoms with Crippen molar-refractivity contribution in [2.45, 2.75) is 33.4 Å². The molecule has 0 amide bonds. The first-order chi connectivity index (χ1) is 8.84. The molecule has 19 heavy (non-hydrogen) atoms. The number of ether oxygens (including phenoxy) is 2. The number of carbonyl (C=O) groups is 3. The van der Waals surface area contributed by atoms with Crippen molar-refractivity contribution in [3.63, 3.8) is 0 Å². The van der Waals surface area contributed by atoms with Crippen LogP contribution >= 0.6 is 7.37 Å². The van der Waals surface area contributed by atoms with Gasteiger partial charge in [0.25, 0.3) is 7.37 Å². The fourth-order valence-corrected chi connectivity index (χ4v) is 3.14. The van der Waals surface area contributed by atoms with E-state index < -0.39 is 30.5 Å². The van der Waals surface area contributed by atoms with Gasteiger partial charge in [0.1, 0.15) is 0 Å². The van der Waals surface area contributed by atoms with E-state index in [4.69, 9.17) is 4.52 Å². The lowest BCUT2D eigenvalue weighted by atomic mass is 10.4. The van der Waals surface area contributed by atoms with Gasteiger partial charge < -0.3 is 14.0 Å². The summed E-state index contributed by atoms with van der Waals surface area (Å²) in [6, 6.07) is 0. The minimum absolute atomic E-state index is 0.0151. The van der Waals surface area contributed by atoms with Crippen molar-refractivity contribution in [1.29, 1.82) is 0 Å². The molecular weight excluding hydrogens is 275 g/mol. The van der Waals surface area contributed by atoms with Crippen molar-refractivity contribution in [3.05, 3.63) is 0 Å². The highest BCUT2D eigenvalue weighted by molar-refractivity contribution is 7.78. The molecule has 0 aliphatic carbocycles. The molecule has 0 aromatic rings. The Kier molecular flexibility index (Phi) is 7.56. The Morgan fingerprint density at radius 3 is 1.63 bits per heavy atom. The zero-order valence-corrected chi connectivity index (χ0v) is 12.4. The van der Waals surface area contributed by atoms with E-state index in [1.54, 1.807) is 0 Å². The first kappa shape index (κ1) is 17.8. The van der Waals surface area contributed by atoms with Gasteiger partial charge in [-0.2, -0.15) is 0 Å². The number of rotatable bonds is 8. The number of hydrogen-bond acceptors (Lipinski definition) is 7. The Labute approximate surface area is 112 Å². The van der Waals surface area contributed by atoms with E-state index in [1.165, 1.54) is 20.8 Å². The van der Waals surface area contributed by atoms with Crippen LogP contribution in [0.25, 0.3) is 0 Å². The van der Waals surface area contributed by atoms with Gasteiger partial charge in [-0.05, 0) is 20.8 Å². The van der Waals surface area contributed by atoms with Crippen LogP contribution in [0.4, 0.5) is 0 Å². The molecule has 0 aliphatic heterocycles. The molecule has 7 nitrogen and oxygen atoms in total. The molecule has 0 aromatic heterocycles. The molecule has 0 saturated heterocycles. The smallest absolute Gasteiger partial charge is 0.330 e. The fraction of sp³-hybridized carbons (Fsp3) is 0.727. The summed E-state index contributed by atoms with van der Waals surface area (Å²) in [6.45, 7) is 5.45. The van der Waals surface area contributed by atoms with Gasteiger partial charge in [0.15, 0.2) is 0 Å². The van der Waals surface area contributed by atoms with Crippen LogP contribution in [0.1, 0.15) is 27.7 Å². The SMILES string of the molecule is CCOC(=O)C(C(=O)OCC)P(=O)(OCC)C(C)=O. The summed E-state index contributed by atoms with van der Waals surface area (Å²) >= 11 is 0. The summed E-state index contributed by atoms with van der Waals surface area (Å²) in [7, 11) is -4.16. The van der Waals surface area contributed by atoms with Crippen molar-refractivity contribution in [2.24, 2.45) is 0 Å². The molecule has 0 radical (unpaired) electrons. The quantitative estimate of drug-likeness (QED) is 0.378. The summed E-state index contributed by atoms with van der Waals surface area (Å²) in [5.41, 5.74) is -2.73. The van der Waals surface area contributed by atoms with Crippen molar-refractivity contribution in [1.82, 2.24) is 0 Å². The average molecular weight is 294 g/mol. The van der Waals surface area contributed by atoms with Crippen LogP contribution in [0.3, 0.4) is 0 Å². The molecule has 0 spiro atoms. The molecule has 0 heterocycles. The van der Waals surface area contributed by atoms with E-state index >= 15 is 0 Å². The Hall–Kier alpha value is -1.20. The van der Waals surface area contributed by atoms with E-state index in [0.29, 0.717) is 0 Å². The molecule has 8 heteroatoms. The van der Waals surface area contributed by atoms with Crippen molar-refractivity contribution in [3.8, 4) is 0 Å². The molecule has 0 aromatic carbocycles. The van der Waals surface area contributed by atoms with E-state index in [0.717, 1.165) is 6.92 Å². The highest BCUT2D eigenvalue weighted by Gasteiger charge is 2.50. The summed E-state index contributed by atoms with van der Waals surface area (Å²) in [5, 5.41) is 0. The van der Waals surface area contributed by atoms with Gasteiger partial charge in [0.2, 0.25) is 11.2 Å². The van der Waals surface area contributed by atoms with E-state index in [2.05, 4.69) is 9.47 Å². The zero-order chi connectivity index (χ0) is 15.1. The third-order valence-corrected chi connectivity index (χ3v) is 4.74. The maximum absolute atomic E-state index is 12.5. The molecule has 0 N–H and O–H groups in total. The summed E-state index contributed by atoms with van der Waals surface area (Å²) < 4.78 is 26.7. The van der Waals surface area contributed by atoms with E-state index in [-0.39, 0.29) is 19.8 Å². The Bertz CT molecular complexity index is 373. The second-order valence-corrected chi connectivity index (χ2v) is 6.04. The number of esters is 2. The van der Waals surface area contributed by atoms with Gasteiger partial charge in [0.05, 0.1) is 19.8 Å². The Balaban J connectivity index is 5.53. The minimum atomic E-state index is -4.16. The molecule has 0 saturated carbocycles. The van der Waals surface area contributed by atoms with E-state index in [9.17, 15) is 18.9 Å². The largest absolute Gasteiger partial charge is 0.465 e. The predicted octanol–water partition coefficient (Wildman–Crippen LogP) is 1.34. The second kappa shape index (κ2) is 8.07. The van der Waals surface area contributed by atoms with Crippen LogP contribution < -0.4 is 0 Å². The first-order valence-electron chi connectivity index (χ1n) is 5.93. The molecule has 1 atom stereocenters. The lowest BCUT2D eigenvalue weighted by Gasteiger charge is -2.21. The lowest BCUT2D eigenvalue weighted by Crippen LogP contribution is -2.36. The highest BCUT2D eigenvalue weighted by Crippen LogP contribution is 2.53. The third-order valence-electron chi connectivity index (χ3n) is 2.12. The molecular formula is C11H19O7P. The third kappa shape index (κ3) is 4.44. The molecule has 0 rings (SSSR count). The summed E-state index contributed by atoms with van der Waals surface area (Å²) in [4.78, 5) is 35.0. The van der Waals surface area contributed by atoms with Crippen molar-refractivity contribution < 1.29 is 32.9 Å². The van der Waals surface area contributed by atoms with Crippen LogP contribution in [-0.2, 0) is 32.9 Å². The minimum Gasteiger partial charge on any atom is -0.465 e. The van der Waals surface area contributed by atoms with Gasteiger partial charge in [-0.1, -0.05) is 0 Å². The van der Waals surface area contributed by atoms with Crippen LogP contribution in [-0.4, -0.2) is 42.9 Å². The fourth-order valence-electron chi connectivity index (χ4n) is 1.36. The molecule has 0 fully saturated rings. The average Bonchev–Trinajstić information content (AvgIpc) is 2.29. The van der Waals surface area contributed by atoms with Gasteiger partial charge >= 0.3 is 11.9 Å². The highest BCUT2D eigenvalue weighted by atomic mass is 31.2. The van der Waals surface area contributed by atoms with Crippen molar-refractivity contribution in [2.75, 3.05) is 19.8 Å². The van der Waals surface area contributed by atoms with Gasteiger partial charge in [0, 0.05) is 6.92 Å². The van der Waals surface area contributed by atoms with Gasteiger partial charge in [-0.25, -0.2) is 0 Å². The molecule has 0 aliphatic rings. The first-order valence-corrected chi connectivity index (χ1v) is 7.63. The Morgan fingerprint density at radius 1 is 0.947 bits per heavy atom.